The zero-order valence-electron chi connectivity index (χ0n) is 30.6. The van der Waals surface area contributed by atoms with Crippen molar-refractivity contribution in [2.24, 2.45) is 0 Å². The molecule has 0 aromatic rings. The van der Waals surface area contributed by atoms with E-state index in [-0.39, 0.29) is 19.4 Å². The fourth-order valence-electron chi connectivity index (χ4n) is 5.48. The van der Waals surface area contributed by atoms with E-state index in [1.807, 2.05) is 0 Å². The van der Waals surface area contributed by atoms with Crippen LogP contribution in [0.15, 0.2) is 36.5 Å². The molecule has 11 nitrogen and oxygen atoms in total. The number of carboxylic acids is 1. The lowest BCUT2D eigenvalue weighted by Gasteiger charge is -2.38. The third kappa shape index (κ3) is 22.3. The van der Waals surface area contributed by atoms with Gasteiger partial charge >= 0.3 is 17.9 Å². The van der Waals surface area contributed by atoms with Crippen molar-refractivity contribution < 1.29 is 53.8 Å². The molecule has 0 radical (unpaired) electrons. The number of rotatable bonds is 30. The van der Waals surface area contributed by atoms with Crippen LogP contribution in [0.3, 0.4) is 0 Å². The van der Waals surface area contributed by atoms with Crippen LogP contribution in [0.25, 0.3) is 0 Å². The summed E-state index contributed by atoms with van der Waals surface area (Å²) < 4.78 is 21.6. The molecule has 1 heterocycles. The Bertz CT molecular complexity index is 979. The first-order chi connectivity index (χ1) is 24.2. The highest BCUT2D eigenvalue weighted by atomic mass is 16.7. The highest BCUT2D eigenvalue weighted by Gasteiger charge is 2.47. The first kappa shape index (κ1) is 45.5. The maximum absolute atomic E-state index is 12.7. The van der Waals surface area contributed by atoms with Crippen molar-refractivity contribution in [3.05, 3.63) is 36.5 Å². The average Bonchev–Trinajstić information content (AvgIpc) is 3.09. The van der Waals surface area contributed by atoms with Gasteiger partial charge in [-0.15, -0.1) is 0 Å². The molecule has 6 atom stereocenters. The maximum atomic E-state index is 12.7. The van der Waals surface area contributed by atoms with Crippen LogP contribution < -0.4 is 0 Å². The van der Waals surface area contributed by atoms with Gasteiger partial charge in [0.2, 0.25) is 0 Å². The van der Waals surface area contributed by atoms with Crippen molar-refractivity contribution in [1.29, 1.82) is 0 Å². The van der Waals surface area contributed by atoms with Gasteiger partial charge in [0.1, 0.15) is 24.9 Å². The third-order valence-electron chi connectivity index (χ3n) is 8.50. The maximum Gasteiger partial charge on any atom is 0.335 e. The van der Waals surface area contributed by atoms with E-state index in [4.69, 9.17) is 18.9 Å². The minimum Gasteiger partial charge on any atom is -0.479 e. The van der Waals surface area contributed by atoms with Crippen molar-refractivity contribution in [2.45, 2.75) is 179 Å². The first-order valence-electron chi connectivity index (χ1n) is 19.0. The van der Waals surface area contributed by atoms with Gasteiger partial charge in [0, 0.05) is 12.8 Å². The number of esters is 2. The topological polar surface area (TPSA) is 169 Å². The second-order valence-electron chi connectivity index (χ2n) is 13.0. The summed E-state index contributed by atoms with van der Waals surface area (Å²) in [6.07, 6.45) is 22.1. The van der Waals surface area contributed by atoms with Gasteiger partial charge in [-0.05, 0) is 44.9 Å². The van der Waals surface area contributed by atoms with Crippen LogP contribution in [0.5, 0.6) is 0 Å². The van der Waals surface area contributed by atoms with E-state index in [0.29, 0.717) is 12.8 Å². The van der Waals surface area contributed by atoms with Crippen LogP contribution in [0.4, 0.5) is 0 Å². The number of allylic oxidation sites excluding steroid dienone is 6. The normalized spacial score (nSPS) is 21.7. The molecule has 0 spiro atoms. The van der Waals surface area contributed by atoms with E-state index >= 15 is 0 Å². The van der Waals surface area contributed by atoms with E-state index in [0.717, 1.165) is 57.8 Å². The molecule has 1 aliphatic heterocycles. The third-order valence-corrected chi connectivity index (χ3v) is 8.50. The quantitative estimate of drug-likeness (QED) is 0.0349. The van der Waals surface area contributed by atoms with E-state index in [1.54, 1.807) is 0 Å². The van der Waals surface area contributed by atoms with Gasteiger partial charge in [-0.25, -0.2) is 4.79 Å². The summed E-state index contributed by atoms with van der Waals surface area (Å²) in [7, 11) is 0. The molecule has 288 valence electrons. The number of carbonyl (C=O) groups excluding carboxylic acids is 2. The van der Waals surface area contributed by atoms with Crippen LogP contribution in [0, 0.1) is 0 Å². The molecule has 4 N–H and O–H groups in total. The van der Waals surface area contributed by atoms with Crippen molar-refractivity contribution in [3.8, 4) is 0 Å². The van der Waals surface area contributed by atoms with Crippen molar-refractivity contribution in [2.75, 3.05) is 13.2 Å². The van der Waals surface area contributed by atoms with Gasteiger partial charge < -0.3 is 39.4 Å². The number of unbranched alkanes of at least 4 members (excludes halogenated alkanes) is 13. The van der Waals surface area contributed by atoms with E-state index in [1.165, 1.54) is 44.9 Å². The lowest BCUT2D eigenvalue weighted by atomic mass is 9.99. The number of aliphatic carboxylic acids is 1. The number of aliphatic hydroxyl groups excluding tert-OH is 3. The molecular formula is C39H66O11. The van der Waals surface area contributed by atoms with Crippen LogP contribution in [0.1, 0.15) is 142 Å². The Hall–Kier alpha value is -2.57. The molecule has 0 aliphatic carbocycles. The van der Waals surface area contributed by atoms with E-state index in [9.17, 15) is 34.8 Å². The van der Waals surface area contributed by atoms with Gasteiger partial charge in [0.05, 0.1) is 6.61 Å². The molecule has 1 rings (SSSR count). The molecule has 0 saturated carbocycles. The van der Waals surface area contributed by atoms with E-state index < -0.39 is 61.3 Å². The zero-order chi connectivity index (χ0) is 36.8. The molecule has 6 unspecified atom stereocenters. The molecule has 1 saturated heterocycles. The fraction of sp³-hybridized carbons (Fsp3) is 0.769. The molecule has 1 fully saturated rings. The van der Waals surface area contributed by atoms with Gasteiger partial charge in [-0.2, -0.15) is 0 Å². The minimum atomic E-state index is -1.86. The molecule has 1 aliphatic rings. The molecule has 0 aromatic carbocycles. The number of hydrogen-bond acceptors (Lipinski definition) is 10. The predicted octanol–water partition coefficient (Wildman–Crippen LogP) is 6.86. The number of hydrogen-bond donors (Lipinski definition) is 4. The zero-order valence-corrected chi connectivity index (χ0v) is 30.6. The lowest BCUT2D eigenvalue weighted by Crippen LogP contribution is -2.60. The molecular weight excluding hydrogens is 644 g/mol. The lowest BCUT2D eigenvalue weighted by molar-refractivity contribution is -0.298. The number of carboxylic acid groups (broad SMARTS) is 1. The predicted molar refractivity (Wildman–Crippen MR) is 192 cm³/mol. The Morgan fingerprint density at radius 2 is 1.18 bits per heavy atom. The van der Waals surface area contributed by atoms with Crippen molar-refractivity contribution in [1.82, 2.24) is 0 Å². The Balaban J connectivity index is 2.47. The van der Waals surface area contributed by atoms with Crippen LogP contribution in [-0.2, 0) is 33.3 Å². The second kappa shape index (κ2) is 30.1. The van der Waals surface area contributed by atoms with Crippen molar-refractivity contribution >= 4 is 17.9 Å². The largest absolute Gasteiger partial charge is 0.479 e. The van der Waals surface area contributed by atoms with Crippen molar-refractivity contribution in [3.63, 3.8) is 0 Å². The summed E-state index contributed by atoms with van der Waals surface area (Å²) in [5.41, 5.74) is 0. The Labute approximate surface area is 300 Å². The van der Waals surface area contributed by atoms with Crippen LogP contribution in [-0.4, -0.2) is 88.4 Å². The Kier molecular flexibility index (Phi) is 27.4. The monoisotopic (exact) mass is 710 g/mol. The number of aliphatic hydroxyl groups is 3. The summed E-state index contributed by atoms with van der Waals surface area (Å²) in [6.45, 7) is 3.63. The van der Waals surface area contributed by atoms with Gasteiger partial charge in [-0.3, -0.25) is 9.59 Å². The van der Waals surface area contributed by atoms with Gasteiger partial charge in [0.15, 0.2) is 18.5 Å². The summed E-state index contributed by atoms with van der Waals surface area (Å²) in [4.78, 5) is 36.5. The number of carbonyl (C=O) groups is 3. The summed E-state index contributed by atoms with van der Waals surface area (Å²) in [6, 6.07) is 0. The minimum absolute atomic E-state index is 0.178. The van der Waals surface area contributed by atoms with Gasteiger partial charge in [0.25, 0.3) is 0 Å². The second-order valence-corrected chi connectivity index (χ2v) is 13.0. The number of ether oxygens (including phenoxy) is 4. The highest BCUT2D eigenvalue weighted by molar-refractivity contribution is 5.73. The molecule has 0 bridgehead atoms. The SMILES string of the molecule is CC/C=C\C/C=C\C/C=C\CCCCCC(=O)OCC(COC1OC(C(=O)O)C(O)C(O)C1O)OC(=O)CCCCCCCCCCCCC. The standard InChI is InChI=1S/C39H66O11/c1-3-5-7-9-11-13-15-16-18-19-21-23-25-27-32(40)47-29-31(30-48-39-36(44)34(42)35(43)37(50-39)38(45)46)49-33(41)28-26-24-22-20-17-14-12-10-8-6-4-2/h5,7,11,13,16,18,31,34-37,39,42-44H,3-4,6,8-10,12,14-15,17,19-30H2,1-2H3,(H,45,46)/b7-5-,13-11-,18-16-. The summed E-state index contributed by atoms with van der Waals surface area (Å²) in [5, 5.41) is 39.6. The average molecular weight is 711 g/mol. The van der Waals surface area contributed by atoms with E-state index in [2.05, 4.69) is 50.3 Å². The molecule has 11 heteroatoms. The Morgan fingerprint density at radius 1 is 0.640 bits per heavy atom. The molecule has 0 aromatic heterocycles. The first-order valence-corrected chi connectivity index (χ1v) is 19.0. The smallest absolute Gasteiger partial charge is 0.335 e. The summed E-state index contributed by atoms with van der Waals surface area (Å²) >= 11 is 0. The van der Waals surface area contributed by atoms with Crippen LogP contribution in [0.2, 0.25) is 0 Å². The molecule has 50 heavy (non-hydrogen) atoms. The van der Waals surface area contributed by atoms with Gasteiger partial charge in [-0.1, -0.05) is 121 Å². The fourth-order valence-corrected chi connectivity index (χ4v) is 5.48. The highest BCUT2D eigenvalue weighted by Crippen LogP contribution is 2.23. The molecule has 0 amide bonds. The summed E-state index contributed by atoms with van der Waals surface area (Å²) in [5.74, 6) is -2.49. The Morgan fingerprint density at radius 3 is 1.78 bits per heavy atom. The van der Waals surface area contributed by atoms with Crippen LogP contribution >= 0.6 is 0 Å².